The largest absolute Gasteiger partial charge is 0.506 e. The third-order valence-corrected chi connectivity index (χ3v) is 11.7. The maximum atomic E-state index is 16.2. The van der Waals surface area contributed by atoms with Gasteiger partial charge in [-0.15, -0.1) is 0 Å². The van der Waals surface area contributed by atoms with Crippen LogP contribution in [0.2, 0.25) is 0 Å². The zero-order chi connectivity index (χ0) is 44.6. The molecule has 7 heterocycles. The Bertz CT molecular complexity index is 2690. The molecule has 332 valence electrons. The summed E-state index contributed by atoms with van der Waals surface area (Å²) >= 11 is 0. The number of nitrogens with zero attached hydrogens (tertiary/aromatic N) is 8. The molecule has 5 aromatic rings. The number of aromatic amines is 1. The fraction of sp³-hybridized carbons (Fsp3) is 0.444. The number of hydrogen-bond donors (Lipinski definition) is 5. The number of anilines is 2. The Balaban J connectivity index is 1.03. The van der Waals surface area contributed by atoms with Crippen LogP contribution in [0.25, 0.3) is 27.2 Å². The van der Waals surface area contributed by atoms with Crippen molar-refractivity contribution in [3.05, 3.63) is 76.6 Å². The summed E-state index contributed by atoms with van der Waals surface area (Å²) in [7, 11) is -4.91. The van der Waals surface area contributed by atoms with Crippen LogP contribution < -0.4 is 16.2 Å². The number of aromatic nitrogens is 8. The lowest BCUT2D eigenvalue weighted by molar-refractivity contribution is -0.185. The van der Waals surface area contributed by atoms with Crippen LogP contribution in [-0.2, 0) is 41.9 Å². The second-order valence-electron chi connectivity index (χ2n) is 14.6. The maximum absolute atomic E-state index is 16.2. The first-order valence-corrected chi connectivity index (χ1v) is 20.5. The fourth-order valence-corrected chi connectivity index (χ4v) is 8.54. The van der Waals surface area contributed by atoms with Crippen LogP contribution in [0.4, 0.5) is 21.0 Å². The van der Waals surface area contributed by atoms with Gasteiger partial charge in [-0.1, -0.05) is 32.0 Å². The number of carbonyl (C=O) groups is 3. The van der Waals surface area contributed by atoms with E-state index in [9.17, 15) is 34.0 Å². The number of fused-ring (bicyclic) bond motifs is 4. The second-order valence-corrected chi connectivity index (χ2v) is 16.2. The minimum Gasteiger partial charge on any atom is -0.450 e. The second kappa shape index (κ2) is 17.5. The predicted octanol–water partition coefficient (Wildman–Crippen LogP) is 2.21. The summed E-state index contributed by atoms with van der Waals surface area (Å²) in [6.07, 6.45) is -9.71. The number of aliphatic hydroxyl groups excluding tert-OH is 1. The van der Waals surface area contributed by atoms with Crippen LogP contribution in [0.15, 0.2) is 54.1 Å². The molecule has 1 aromatic carbocycles. The van der Waals surface area contributed by atoms with E-state index in [-0.39, 0.29) is 47.2 Å². The molecule has 0 saturated carbocycles. The van der Waals surface area contributed by atoms with E-state index in [0.29, 0.717) is 5.56 Å². The van der Waals surface area contributed by atoms with Crippen molar-refractivity contribution in [2.24, 2.45) is 5.92 Å². The summed E-state index contributed by atoms with van der Waals surface area (Å²) in [5.41, 5.74) is -2.27. The van der Waals surface area contributed by atoms with E-state index >= 15 is 4.39 Å². The number of hydrogen-bond acceptors (Lipinski definition) is 18. The molecule has 4 aromatic heterocycles. The van der Waals surface area contributed by atoms with E-state index in [1.54, 1.807) is 44.2 Å². The highest BCUT2D eigenvalue weighted by molar-refractivity contribution is 7.48. The van der Waals surface area contributed by atoms with Gasteiger partial charge >= 0.3 is 14.0 Å². The number of phosphoric ester groups is 1. The van der Waals surface area contributed by atoms with Crippen LogP contribution in [0.3, 0.4) is 0 Å². The van der Waals surface area contributed by atoms with Gasteiger partial charge in [-0.3, -0.25) is 47.4 Å². The number of phosphoric acid groups is 1. The van der Waals surface area contributed by atoms with E-state index < -0.39 is 106 Å². The number of ether oxygens (including phenoxy) is 4. The zero-order valence-electron chi connectivity index (χ0n) is 33.0. The number of amides is 2. The minimum absolute atomic E-state index is 0.0806. The van der Waals surface area contributed by atoms with Crippen LogP contribution >= 0.6 is 7.82 Å². The summed E-state index contributed by atoms with van der Waals surface area (Å²) < 4.78 is 73.2. The zero-order valence-corrected chi connectivity index (χ0v) is 33.9. The molecule has 0 aliphatic carbocycles. The average Bonchev–Trinajstić information content (AvgIpc) is 4.09. The van der Waals surface area contributed by atoms with Crippen molar-refractivity contribution in [3.8, 4) is 0 Å². The van der Waals surface area contributed by atoms with Crippen LogP contribution in [0, 0.1) is 12.5 Å². The summed E-state index contributed by atoms with van der Waals surface area (Å²) in [6, 6.07) is 8.39. The van der Waals surface area contributed by atoms with E-state index in [1.165, 1.54) is 17.2 Å². The molecule has 63 heavy (non-hydrogen) atoms. The van der Waals surface area contributed by atoms with Crippen molar-refractivity contribution < 1.29 is 66.1 Å². The number of halogens is 1. The summed E-state index contributed by atoms with van der Waals surface area (Å²) in [4.78, 5) is 76.5. The molecule has 2 amide bonds. The molecule has 3 aliphatic rings. The van der Waals surface area contributed by atoms with E-state index in [2.05, 4.69) is 45.4 Å². The topological polar surface area (TPSA) is 309 Å². The molecule has 3 saturated heterocycles. The van der Waals surface area contributed by atoms with Crippen LogP contribution in [0.1, 0.15) is 36.7 Å². The Morgan fingerprint density at radius 1 is 1.08 bits per heavy atom. The number of alkyl halides is 1. The minimum atomic E-state index is -4.91. The lowest BCUT2D eigenvalue weighted by Crippen LogP contribution is -2.45. The van der Waals surface area contributed by atoms with Gasteiger partial charge in [-0.05, 0) is 12.1 Å². The lowest BCUT2D eigenvalue weighted by atomic mass is 10.0. The molecule has 5 N–H and O–H groups in total. The average molecular weight is 898 g/mol. The number of imidazole rings is 2. The highest BCUT2D eigenvalue weighted by Gasteiger charge is 2.65. The number of aliphatic hydroxyl groups is 1. The number of nitrogens with one attached hydrogen (secondary N) is 3. The normalized spacial score (nSPS) is 26.2. The van der Waals surface area contributed by atoms with Crippen molar-refractivity contribution in [2.75, 3.05) is 43.6 Å². The van der Waals surface area contributed by atoms with E-state index in [1.807, 2.05) is 0 Å². The third kappa shape index (κ3) is 8.35. The number of carbonyl (C=O) groups excluding carboxylic acids is 2. The smallest absolute Gasteiger partial charge is 0.450 e. The van der Waals surface area contributed by atoms with Gasteiger partial charge < -0.3 is 39.3 Å². The molecule has 2 bridgehead atoms. The highest BCUT2D eigenvalue weighted by Crippen LogP contribution is 2.58. The van der Waals surface area contributed by atoms with E-state index in [4.69, 9.17) is 39.1 Å². The van der Waals surface area contributed by atoms with Gasteiger partial charge in [0.2, 0.25) is 18.4 Å². The Kier molecular flexibility index (Phi) is 12.0. The number of H-pyrrole nitrogens is 1. The maximum Gasteiger partial charge on any atom is 0.506 e. The Labute approximate surface area is 353 Å². The van der Waals surface area contributed by atoms with Gasteiger partial charge in [0, 0.05) is 11.5 Å². The van der Waals surface area contributed by atoms with Gasteiger partial charge in [-0.25, -0.2) is 40.3 Å². The molecule has 27 heteroatoms. The van der Waals surface area contributed by atoms with Gasteiger partial charge in [0.25, 0.3) is 11.5 Å². The Hall–Kier alpha value is -6.30. The van der Waals surface area contributed by atoms with Crippen molar-refractivity contribution in [1.29, 1.82) is 0 Å². The quantitative estimate of drug-likeness (QED) is 0.0410. The van der Waals surface area contributed by atoms with Gasteiger partial charge in [0.15, 0.2) is 52.9 Å². The molecule has 25 nitrogen and oxygen atoms in total. The Morgan fingerprint density at radius 2 is 1.83 bits per heavy atom. The first kappa shape index (κ1) is 43.4. The van der Waals surface area contributed by atoms with Gasteiger partial charge in [0.05, 0.1) is 32.5 Å². The van der Waals surface area contributed by atoms with E-state index in [0.717, 1.165) is 10.9 Å². The monoisotopic (exact) mass is 897 g/mol. The highest BCUT2D eigenvalue weighted by atomic mass is 31.2. The summed E-state index contributed by atoms with van der Waals surface area (Å²) in [5.74, 6) is -1.65. The van der Waals surface area contributed by atoms with Crippen LogP contribution in [0.5, 0.6) is 0 Å². The molecule has 9 atom stereocenters. The standard InChI is InChI=1S/C36H37FN11O14P/c1-17(2)29(50)45-34-44-28-22(31(52)46-34)42-16-48(28)32-23(60-35(53)54)20(37)19(59-32)11-58-63(55,57-10-9-38-3)62-25-24-33(61-36(25,12-49)13-56-24)47-15-41-21-26(39-14-40-27(21)47)43-30(51)18-7-5-4-6-8-18/h4-8,14-17,19-20,23-25,32-33,49H,9-13H2,1-2H3,(H,53,54)(H,39,40,43,51)(H2,44,45,46,50,52)/t19-,20?,23?,24-,25+,32-,33-,36+,63?/m1/s1. The third-order valence-electron chi connectivity index (χ3n) is 10.2. The molecule has 0 radical (unpaired) electrons. The summed E-state index contributed by atoms with van der Waals surface area (Å²) in [6.45, 7) is 7.65. The molecule has 8 rings (SSSR count). The van der Waals surface area contributed by atoms with Crippen molar-refractivity contribution >= 4 is 59.9 Å². The summed E-state index contributed by atoms with van der Waals surface area (Å²) in [5, 5.41) is 25.3. The van der Waals surface area contributed by atoms with Crippen molar-refractivity contribution in [1.82, 2.24) is 39.0 Å². The van der Waals surface area contributed by atoms with Gasteiger partial charge in [0.1, 0.15) is 36.8 Å². The molecular formula is C36H37FN11O14P. The van der Waals surface area contributed by atoms with Crippen molar-refractivity contribution in [3.63, 3.8) is 0 Å². The SMILES string of the molecule is [C-]#[N+]CCOP(=O)(OC[C@H]1O[C@@H](n2cnc3c(=O)[nH]c(NC(=O)C(C)C)nc32)C(OC(=O)O)C1F)O[C@H]1[C@H]2OC[C@]1(CO)O[C@H]2n1cnc2c(NC(=O)c3ccccc3)ncnc21. The first-order chi connectivity index (χ1) is 30.2. The predicted molar refractivity (Wildman–Crippen MR) is 209 cm³/mol. The Morgan fingerprint density at radius 3 is 2.54 bits per heavy atom. The lowest BCUT2D eigenvalue weighted by Gasteiger charge is -2.30. The van der Waals surface area contributed by atoms with Crippen LogP contribution in [-0.4, -0.2) is 136 Å². The molecule has 3 aliphatic heterocycles. The fourth-order valence-electron chi connectivity index (χ4n) is 7.12. The number of rotatable bonds is 16. The molecule has 3 unspecified atom stereocenters. The number of benzene rings is 1. The van der Waals surface area contributed by atoms with Gasteiger partial charge in [-0.2, -0.15) is 4.98 Å². The molecule has 3 fully saturated rings. The molecule has 0 spiro atoms. The van der Waals surface area contributed by atoms with Crippen molar-refractivity contribution in [2.45, 2.75) is 62.5 Å². The molecular weight excluding hydrogens is 860 g/mol. The number of carboxylic acid groups (broad SMARTS) is 1. The first-order valence-electron chi connectivity index (χ1n) is 19.1.